The van der Waals surface area contributed by atoms with E-state index in [4.69, 9.17) is 14.2 Å². The molecule has 0 bridgehead atoms. The molecule has 2 aromatic carbocycles. The number of unbranched alkanes of at least 4 members (excludes halogenated alkanes) is 1. The summed E-state index contributed by atoms with van der Waals surface area (Å²) in [6.07, 6.45) is 3.12. The number of aryl methyl sites for hydroxylation is 1. The summed E-state index contributed by atoms with van der Waals surface area (Å²) in [5, 5.41) is 3.21. The molecule has 0 saturated heterocycles. The first-order valence-corrected chi connectivity index (χ1v) is 8.76. The summed E-state index contributed by atoms with van der Waals surface area (Å²) in [6.45, 7) is 1.13. The highest BCUT2D eigenvalue weighted by molar-refractivity contribution is 5.98. The second-order valence-corrected chi connectivity index (χ2v) is 5.97. The Hall–Kier alpha value is -2.53. The molecule has 5 nitrogen and oxygen atoms in total. The van der Waals surface area contributed by atoms with E-state index < -0.39 is 0 Å². The SMILES string of the molecule is COc1ccc(CCCCNCC(=O)c2ccc(OC)c(OC)c2)cc1. The highest BCUT2D eigenvalue weighted by atomic mass is 16.5. The van der Waals surface area contributed by atoms with Crippen molar-refractivity contribution >= 4 is 5.78 Å². The van der Waals surface area contributed by atoms with Crippen molar-refractivity contribution in [3.05, 3.63) is 53.6 Å². The monoisotopic (exact) mass is 357 g/mol. The van der Waals surface area contributed by atoms with Crippen LogP contribution in [0.15, 0.2) is 42.5 Å². The summed E-state index contributed by atoms with van der Waals surface area (Å²) >= 11 is 0. The lowest BCUT2D eigenvalue weighted by Gasteiger charge is -2.09. The van der Waals surface area contributed by atoms with E-state index >= 15 is 0 Å². The molecule has 0 amide bonds. The summed E-state index contributed by atoms with van der Waals surface area (Å²) in [4.78, 5) is 12.3. The molecular weight excluding hydrogens is 330 g/mol. The van der Waals surface area contributed by atoms with E-state index in [9.17, 15) is 4.79 Å². The molecule has 5 heteroatoms. The first-order chi connectivity index (χ1) is 12.7. The Morgan fingerprint density at radius 1 is 0.885 bits per heavy atom. The third-order valence-electron chi connectivity index (χ3n) is 4.22. The molecule has 0 aliphatic carbocycles. The number of ether oxygens (including phenoxy) is 3. The minimum Gasteiger partial charge on any atom is -0.497 e. The van der Waals surface area contributed by atoms with E-state index in [-0.39, 0.29) is 5.78 Å². The number of ketones is 1. The maximum absolute atomic E-state index is 12.3. The van der Waals surface area contributed by atoms with Gasteiger partial charge < -0.3 is 19.5 Å². The average Bonchev–Trinajstić information content (AvgIpc) is 2.70. The number of nitrogens with one attached hydrogen (secondary N) is 1. The van der Waals surface area contributed by atoms with Crippen molar-refractivity contribution in [2.24, 2.45) is 0 Å². The number of Topliss-reactive ketones (excluding diaryl/α,β-unsaturated/α-hetero) is 1. The predicted octanol–water partition coefficient (Wildman–Crippen LogP) is 3.51. The van der Waals surface area contributed by atoms with Crippen molar-refractivity contribution in [2.45, 2.75) is 19.3 Å². The molecular formula is C21H27NO4. The van der Waals surface area contributed by atoms with Crippen molar-refractivity contribution in [1.82, 2.24) is 5.32 Å². The lowest BCUT2D eigenvalue weighted by Crippen LogP contribution is -2.24. The fourth-order valence-electron chi connectivity index (χ4n) is 2.68. The minimum atomic E-state index is 0.0427. The summed E-state index contributed by atoms with van der Waals surface area (Å²) in [5.74, 6) is 2.11. The van der Waals surface area contributed by atoms with Crippen molar-refractivity contribution < 1.29 is 19.0 Å². The molecule has 0 aliphatic heterocycles. The molecule has 0 saturated carbocycles. The first-order valence-electron chi connectivity index (χ1n) is 8.76. The van der Waals surface area contributed by atoms with Crippen molar-refractivity contribution in [3.63, 3.8) is 0 Å². The van der Waals surface area contributed by atoms with Gasteiger partial charge >= 0.3 is 0 Å². The van der Waals surface area contributed by atoms with Crippen LogP contribution in [0.4, 0.5) is 0 Å². The number of methoxy groups -OCH3 is 3. The topological polar surface area (TPSA) is 56.8 Å². The highest BCUT2D eigenvalue weighted by Gasteiger charge is 2.10. The normalized spacial score (nSPS) is 10.4. The van der Waals surface area contributed by atoms with E-state index in [0.29, 0.717) is 23.6 Å². The van der Waals surface area contributed by atoms with Gasteiger partial charge in [-0.15, -0.1) is 0 Å². The van der Waals surface area contributed by atoms with E-state index in [1.54, 1.807) is 39.5 Å². The Labute approximate surface area is 155 Å². The zero-order valence-corrected chi connectivity index (χ0v) is 15.7. The summed E-state index contributed by atoms with van der Waals surface area (Å²) in [6, 6.07) is 13.4. The van der Waals surface area contributed by atoms with Gasteiger partial charge in [-0.1, -0.05) is 12.1 Å². The molecule has 0 unspecified atom stereocenters. The summed E-state index contributed by atoms with van der Waals surface area (Å²) in [5.41, 5.74) is 1.92. The van der Waals surface area contributed by atoms with Crippen LogP contribution in [-0.2, 0) is 6.42 Å². The zero-order valence-electron chi connectivity index (χ0n) is 15.7. The molecule has 0 radical (unpaired) electrons. The van der Waals surface area contributed by atoms with Crippen LogP contribution >= 0.6 is 0 Å². The van der Waals surface area contributed by atoms with Crippen LogP contribution < -0.4 is 19.5 Å². The van der Waals surface area contributed by atoms with Crippen LogP contribution in [0.5, 0.6) is 17.2 Å². The van der Waals surface area contributed by atoms with Gasteiger partial charge in [-0.3, -0.25) is 4.79 Å². The Bertz CT molecular complexity index is 698. The first kappa shape index (κ1) is 19.8. The van der Waals surface area contributed by atoms with Gasteiger partial charge in [-0.2, -0.15) is 0 Å². The second-order valence-electron chi connectivity index (χ2n) is 5.97. The molecule has 0 heterocycles. The van der Waals surface area contributed by atoms with Crippen molar-refractivity contribution in [3.8, 4) is 17.2 Å². The number of benzene rings is 2. The smallest absolute Gasteiger partial charge is 0.176 e. The second kappa shape index (κ2) is 10.5. The van der Waals surface area contributed by atoms with Crippen LogP contribution in [0.3, 0.4) is 0 Å². The number of rotatable bonds is 11. The van der Waals surface area contributed by atoms with Crippen LogP contribution in [0.2, 0.25) is 0 Å². The molecule has 1 N–H and O–H groups in total. The standard InChI is InChI=1S/C21H27NO4/c1-24-18-10-7-16(8-11-18)6-4-5-13-22-15-19(23)17-9-12-20(25-2)21(14-17)26-3/h7-12,14,22H,4-6,13,15H2,1-3H3. The number of hydrogen-bond donors (Lipinski definition) is 1. The van der Waals surface area contributed by atoms with Crippen molar-refractivity contribution in [1.29, 1.82) is 0 Å². The van der Waals surface area contributed by atoms with Crippen molar-refractivity contribution in [2.75, 3.05) is 34.4 Å². The molecule has 0 fully saturated rings. The molecule has 0 spiro atoms. The lowest BCUT2D eigenvalue weighted by molar-refractivity contribution is 0.0990. The third kappa shape index (κ3) is 5.77. The van der Waals surface area contributed by atoms with Gasteiger partial charge in [-0.25, -0.2) is 0 Å². The van der Waals surface area contributed by atoms with Gasteiger partial charge in [0.05, 0.1) is 27.9 Å². The van der Waals surface area contributed by atoms with Gasteiger partial charge in [-0.05, 0) is 61.7 Å². The Kier molecular flexibility index (Phi) is 7.96. The molecule has 2 aromatic rings. The summed E-state index contributed by atoms with van der Waals surface area (Å²) < 4.78 is 15.6. The molecule has 0 aliphatic rings. The van der Waals surface area contributed by atoms with E-state index in [1.807, 2.05) is 12.1 Å². The quantitative estimate of drug-likeness (QED) is 0.493. The average molecular weight is 357 g/mol. The number of carbonyl (C=O) groups is 1. The Balaban J connectivity index is 1.68. The van der Waals surface area contributed by atoms with Gasteiger partial charge in [0.15, 0.2) is 17.3 Å². The predicted molar refractivity (Wildman–Crippen MR) is 103 cm³/mol. The summed E-state index contributed by atoms with van der Waals surface area (Å²) in [7, 11) is 4.81. The maximum atomic E-state index is 12.3. The van der Waals surface area contributed by atoms with E-state index in [1.165, 1.54) is 5.56 Å². The Morgan fingerprint density at radius 3 is 2.27 bits per heavy atom. The highest BCUT2D eigenvalue weighted by Crippen LogP contribution is 2.27. The van der Waals surface area contributed by atoms with Gasteiger partial charge in [0.1, 0.15) is 5.75 Å². The molecule has 2 rings (SSSR count). The molecule has 26 heavy (non-hydrogen) atoms. The van der Waals surface area contributed by atoms with Crippen LogP contribution in [0, 0.1) is 0 Å². The van der Waals surface area contributed by atoms with Gasteiger partial charge in [0, 0.05) is 5.56 Å². The van der Waals surface area contributed by atoms with E-state index in [0.717, 1.165) is 31.6 Å². The van der Waals surface area contributed by atoms with Crippen LogP contribution in [-0.4, -0.2) is 40.2 Å². The minimum absolute atomic E-state index is 0.0427. The zero-order chi connectivity index (χ0) is 18.8. The van der Waals surface area contributed by atoms with Crippen LogP contribution in [0.1, 0.15) is 28.8 Å². The van der Waals surface area contributed by atoms with Gasteiger partial charge in [0.2, 0.25) is 0 Å². The third-order valence-corrected chi connectivity index (χ3v) is 4.22. The lowest BCUT2D eigenvalue weighted by atomic mass is 10.1. The molecule has 0 aromatic heterocycles. The largest absolute Gasteiger partial charge is 0.497 e. The fourth-order valence-corrected chi connectivity index (χ4v) is 2.68. The number of hydrogen-bond acceptors (Lipinski definition) is 5. The van der Waals surface area contributed by atoms with Crippen LogP contribution in [0.25, 0.3) is 0 Å². The number of carbonyl (C=O) groups excluding carboxylic acids is 1. The Morgan fingerprint density at radius 2 is 1.62 bits per heavy atom. The maximum Gasteiger partial charge on any atom is 0.176 e. The molecule has 140 valence electrons. The van der Waals surface area contributed by atoms with E-state index in [2.05, 4.69) is 17.4 Å². The molecule has 0 atom stereocenters. The fraction of sp³-hybridized carbons (Fsp3) is 0.381. The van der Waals surface area contributed by atoms with Gasteiger partial charge in [0.25, 0.3) is 0 Å².